The van der Waals surface area contributed by atoms with Gasteiger partial charge in [0.05, 0.1) is 17.4 Å². The largest absolute Gasteiger partial charge is 0.308 e. The first-order valence-corrected chi connectivity index (χ1v) is 12.9. The summed E-state index contributed by atoms with van der Waals surface area (Å²) < 4.78 is 0. The minimum Gasteiger partial charge on any atom is -0.308 e. The molecule has 1 aliphatic carbocycles. The summed E-state index contributed by atoms with van der Waals surface area (Å²) in [7, 11) is 0. The van der Waals surface area contributed by atoms with Gasteiger partial charge in [0.2, 0.25) is 0 Å². The van der Waals surface area contributed by atoms with Crippen LogP contribution in [0.1, 0.15) is 48.1 Å². The van der Waals surface area contributed by atoms with Crippen LogP contribution in [0, 0.1) is 12.8 Å². The summed E-state index contributed by atoms with van der Waals surface area (Å²) in [6.07, 6.45) is 4.48. The van der Waals surface area contributed by atoms with Gasteiger partial charge in [-0.1, -0.05) is 109 Å². The fourth-order valence-electron chi connectivity index (χ4n) is 5.31. The van der Waals surface area contributed by atoms with E-state index in [1.807, 2.05) is 0 Å². The molecule has 0 spiro atoms. The molecule has 3 aliphatic rings. The highest BCUT2D eigenvalue weighted by molar-refractivity contribution is 8.16. The van der Waals surface area contributed by atoms with Crippen LogP contribution in [0.5, 0.6) is 0 Å². The predicted molar refractivity (Wildman–Crippen MR) is 145 cm³/mol. The summed E-state index contributed by atoms with van der Waals surface area (Å²) in [6, 6.07) is 30.7. The average molecular weight is 461 g/mol. The number of rotatable bonds is 3. The molecule has 168 valence electrons. The zero-order valence-corrected chi connectivity index (χ0v) is 20.4. The number of fused-ring (bicyclic) bond motifs is 1. The van der Waals surface area contributed by atoms with Gasteiger partial charge < -0.3 is 4.90 Å². The third-order valence-electron chi connectivity index (χ3n) is 6.89. The Morgan fingerprint density at radius 1 is 0.882 bits per heavy atom. The van der Waals surface area contributed by atoms with Crippen LogP contribution in [0.4, 0.5) is 0 Å². The van der Waals surface area contributed by atoms with Gasteiger partial charge in [-0.25, -0.2) is 4.99 Å². The molecule has 0 radical (unpaired) electrons. The first-order chi connectivity index (χ1) is 16.7. The molecule has 0 saturated heterocycles. The van der Waals surface area contributed by atoms with Crippen LogP contribution in [0.2, 0.25) is 0 Å². The Morgan fingerprint density at radius 3 is 2.32 bits per heavy atom. The fourth-order valence-corrected chi connectivity index (χ4v) is 6.24. The highest BCUT2D eigenvalue weighted by atomic mass is 32.2. The second-order valence-corrected chi connectivity index (χ2v) is 10.4. The first kappa shape index (κ1) is 21.2. The second kappa shape index (κ2) is 8.81. The molecule has 0 unspecified atom stereocenters. The topological polar surface area (TPSA) is 15.6 Å². The van der Waals surface area contributed by atoms with Crippen LogP contribution in [-0.4, -0.2) is 10.1 Å². The number of benzene rings is 3. The van der Waals surface area contributed by atoms with E-state index < -0.39 is 0 Å². The third-order valence-corrected chi connectivity index (χ3v) is 7.73. The molecule has 0 N–H and O–H groups in total. The molecule has 2 heterocycles. The van der Waals surface area contributed by atoms with E-state index in [-0.39, 0.29) is 6.04 Å². The van der Waals surface area contributed by atoms with E-state index in [4.69, 9.17) is 4.99 Å². The molecule has 0 bridgehead atoms. The van der Waals surface area contributed by atoms with Crippen molar-refractivity contribution in [2.75, 3.05) is 0 Å². The molecule has 0 aromatic heterocycles. The van der Waals surface area contributed by atoms with Gasteiger partial charge in [0.15, 0.2) is 5.17 Å². The van der Waals surface area contributed by atoms with Gasteiger partial charge in [-0.15, -0.1) is 0 Å². The number of amidine groups is 1. The summed E-state index contributed by atoms with van der Waals surface area (Å²) in [6.45, 7) is 4.52. The van der Waals surface area contributed by atoms with Crippen LogP contribution in [0.15, 0.2) is 112 Å². The number of hydrogen-bond donors (Lipinski definition) is 0. The average Bonchev–Trinajstić information content (AvgIpc) is 3.28. The molecular formula is C31H28N2S. The Bertz CT molecular complexity index is 1330. The number of hydrogen-bond acceptors (Lipinski definition) is 3. The minimum absolute atomic E-state index is 0.160. The maximum Gasteiger partial charge on any atom is 0.174 e. The molecule has 3 heteroatoms. The molecule has 2 aliphatic heterocycles. The van der Waals surface area contributed by atoms with Crippen molar-refractivity contribution in [1.29, 1.82) is 0 Å². The van der Waals surface area contributed by atoms with E-state index in [1.165, 1.54) is 44.8 Å². The van der Waals surface area contributed by atoms with Crippen LogP contribution >= 0.6 is 11.8 Å². The first-order valence-electron chi connectivity index (χ1n) is 12.0. The summed E-state index contributed by atoms with van der Waals surface area (Å²) in [4.78, 5) is 7.79. The zero-order chi connectivity index (χ0) is 23.1. The van der Waals surface area contributed by atoms with E-state index in [0.717, 1.165) is 18.0 Å². The van der Waals surface area contributed by atoms with Gasteiger partial charge in [0, 0.05) is 5.41 Å². The van der Waals surface area contributed by atoms with E-state index in [9.17, 15) is 0 Å². The lowest BCUT2D eigenvalue weighted by Crippen LogP contribution is -2.35. The number of aryl methyl sites for hydroxylation is 1. The number of aliphatic imine (C=N–C) groups is 1. The monoisotopic (exact) mass is 460 g/mol. The van der Waals surface area contributed by atoms with Crippen LogP contribution in [0.25, 0.3) is 11.8 Å². The molecule has 3 aromatic rings. The van der Waals surface area contributed by atoms with Crippen molar-refractivity contribution >= 4 is 28.7 Å². The quantitative estimate of drug-likeness (QED) is 0.391. The van der Waals surface area contributed by atoms with Gasteiger partial charge in [0.1, 0.15) is 0 Å². The highest BCUT2D eigenvalue weighted by Crippen LogP contribution is 2.51. The SMILES string of the molecule is Cc1ccc(C2=CSC3=NC4=C(C[C@@H](C)C/C4=C/c4ccccc4)[C@@H](c4ccccc4)N23)cc1. The summed E-state index contributed by atoms with van der Waals surface area (Å²) in [5.41, 5.74) is 10.4. The van der Waals surface area contributed by atoms with Gasteiger partial charge in [0.25, 0.3) is 0 Å². The number of nitrogens with zero attached hydrogens (tertiary/aromatic N) is 2. The van der Waals surface area contributed by atoms with E-state index in [0.29, 0.717) is 5.92 Å². The predicted octanol–water partition coefficient (Wildman–Crippen LogP) is 8.22. The zero-order valence-electron chi connectivity index (χ0n) is 19.6. The second-order valence-electron chi connectivity index (χ2n) is 9.53. The molecule has 0 amide bonds. The summed E-state index contributed by atoms with van der Waals surface area (Å²) >= 11 is 1.75. The molecule has 2 nitrogen and oxygen atoms in total. The summed E-state index contributed by atoms with van der Waals surface area (Å²) in [5.74, 6) is 0.582. The van der Waals surface area contributed by atoms with Crippen LogP contribution in [0.3, 0.4) is 0 Å². The lowest BCUT2D eigenvalue weighted by Gasteiger charge is -2.41. The van der Waals surface area contributed by atoms with Crippen molar-refractivity contribution in [2.24, 2.45) is 10.9 Å². The van der Waals surface area contributed by atoms with Crippen molar-refractivity contribution in [2.45, 2.75) is 32.7 Å². The Balaban J connectivity index is 1.51. The van der Waals surface area contributed by atoms with Gasteiger partial charge in [-0.3, -0.25) is 0 Å². The van der Waals surface area contributed by atoms with E-state index >= 15 is 0 Å². The van der Waals surface area contributed by atoms with Crippen molar-refractivity contribution in [3.05, 3.63) is 129 Å². The molecule has 0 fully saturated rings. The Hall–Kier alpha value is -3.30. The molecule has 2 atom stereocenters. The van der Waals surface area contributed by atoms with Gasteiger partial charge in [-0.2, -0.15) is 0 Å². The molecule has 6 rings (SSSR count). The Labute approximate surface area is 206 Å². The number of allylic oxidation sites excluding steroid dienone is 1. The van der Waals surface area contributed by atoms with Gasteiger partial charge in [-0.05, 0) is 59.6 Å². The van der Waals surface area contributed by atoms with Crippen molar-refractivity contribution in [1.82, 2.24) is 4.90 Å². The van der Waals surface area contributed by atoms with Gasteiger partial charge >= 0.3 is 0 Å². The standard InChI is InChI=1S/C31H28N2S/c1-21-13-15-24(16-14-21)28-20-34-31-32-29-26(19-23-9-5-3-6-10-23)17-22(2)18-27(29)30(33(28)31)25-11-7-4-8-12-25/h3-16,19-20,22,30H,17-18H2,1-2H3/b26-19-/t22-,30+/m0/s1. The number of thioether (sulfide) groups is 1. The maximum atomic E-state index is 5.31. The summed E-state index contributed by atoms with van der Waals surface area (Å²) in [5, 5.41) is 3.36. The smallest absolute Gasteiger partial charge is 0.174 e. The van der Waals surface area contributed by atoms with Crippen molar-refractivity contribution in [3.63, 3.8) is 0 Å². The van der Waals surface area contributed by atoms with Crippen molar-refractivity contribution < 1.29 is 0 Å². The van der Waals surface area contributed by atoms with E-state index in [2.05, 4.69) is 115 Å². The molecule has 0 saturated carbocycles. The minimum atomic E-state index is 0.160. The molecule has 34 heavy (non-hydrogen) atoms. The maximum absolute atomic E-state index is 5.31. The Morgan fingerprint density at radius 2 is 1.59 bits per heavy atom. The van der Waals surface area contributed by atoms with Crippen LogP contribution < -0.4 is 0 Å². The molecule has 3 aromatic carbocycles. The van der Waals surface area contributed by atoms with E-state index in [1.54, 1.807) is 11.8 Å². The third kappa shape index (κ3) is 3.84. The Kier molecular flexibility index (Phi) is 5.50. The highest BCUT2D eigenvalue weighted by Gasteiger charge is 2.41. The normalized spacial score (nSPS) is 22.9. The van der Waals surface area contributed by atoms with Crippen LogP contribution in [-0.2, 0) is 0 Å². The van der Waals surface area contributed by atoms with Crippen molar-refractivity contribution in [3.8, 4) is 0 Å². The lowest BCUT2D eigenvalue weighted by molar-refractivity contribution is 0.425. The lowest BCUT2D eigenvalue weighted by atomic mass is 9.78. The fraction of sp³-hybridized carbons (Fsp3) is 0.194. The molecular weight excluding hydrogens is 432 g/mol.